The number of hydrogen-bond acceptors (Lipinski definition) is 6. The van der Waals surface area contributed by atoms with E-state index in [1.54, 1.807) is 18.2 Å². The second-order valence-corrected chi connectivity index (χ2v) is 13.1. The number of fused-ring (bicyclic) bond motifs is 1. The van der Waals surface area contributed by atoms with Crippen LogP contribution in [0.3, 0.4) is 0 Å². The molecule has 1 heterocycles. The number of benzene rings is 2. The molecule has 0 spiro atoms. The molecule has 8 heteroatoms. The van der Waals surface area contributed by atoms with Crippen molar-refractivity contribution in [2.24, 2.45) is 10.8 Å². The van der Waals surface area contributed by atoms with Crippen molar-refractivity contribution in [3.63, 3.8) is 0 Å². The van der Waals surface area contributed by atoms with Crippen LogP contribution in [0.5, 0.6) is 5.75 Å². The summed E-state index contributed by atoms with van der Waals surface area (Å²) < 4.78 is 17.0. The molecule has 2 aromatic rings. The first-order valence-corrected chi connectivity index (χ1v) is 14.8. The van der Waals surface area contributed by atoms with Gasteiger partial charge in [0.15, 0.2) is 5.60 Å². The van der Waals surface area contributed by atoms with E-state index in [0.29, 0.717) is 29.5 Å². The van der Waals surface area contributed by atoms with Crippen LogP contribution in [0.4, 0.5) is 0 Å². The number of methoxy groups -OCH3 is 1. The topological polar surface area (TPSA) is 88.9 Å². The Hall–Kier alpha value is -3.52. The van der Waals surface area contributed by atoms with E-state index in [1.165, 1.54) is 7.11 Å². The Labute approximate surface area is 253 Å². The number of carbonyl (C=O) groups excluding carboxylic acids is 2. The number of amides is 1. The quantitative estimate of drug-likeness (QED) is 0.194. The van der Waals surface area contributed by atoms with E-state index in [2.05, 4.69) is 45.6 Å². The van der Waals surface area contributed by atoms with Gasteiger partial charge in [0.25, 0.3) is 5.91 Å². The zero-order chi connectivity index (χ0) is 30.3. The number of esters is 1. The molecular weight excluding hydrogens is 552 g/mol. The van der Waals surface area contributed by atoms with Crippen molar-refractivity contribution in [1.82, 2.24) is 4.90 Å². The van der Waals surface area contributed by atoms with Crippen LogP contribution in [0.2, 0.25) is 5.02 Å². The summed E-state index contributed by atoms with van der Waals surface area (Å²) in [5, 5.41) is 9.54. The highest BCUT2D eigenvalue weighted by atomic mass is 35.5. The number of nitrogens with zero attached hydrogens (tertiary/aromatic N) is 2. The second-order valence-electron chi connectivity index (χ2n) is 12.7. The third kappa shape index (κ3) is 5.37. The lowest BCUT2D eigenvalue weighted by Gasteiger charge is -2.65. The van der Waals surface area contributed by atoms with Crippen molar-refractivity contribution >= 4 is 23.5 Å². The largest absolute Gasteiger partial charge is 0.489 e. The van der Waals surface area contributed by atoms with Crippen LogP contribution in [-0.2, 0) is 20.8 Å². The number of rotatable bonds is 9. The third-order valence-corrected chi connectivity index (χ3v) is 9.21. The van der Waals surface area contributed by atoms with Crippen molar-refractivity contribution < 1.29 is 23.8 Å². The van der Waals surface area contributed by atoms with E-state index in [4.69, 9.17) is 25.8 Å². The van der Waals surface area contributed by atoms with Crippen molar-refractivity contribution in [3.8, 4) is 23.7 Å². The molecule has 3 aliphatic rings. The van der Waals surface area contributed by atoms with Crippen LogP contribution in [0.1, 0.15) is 86.8 Å². The van der Waals surface area contributed by atoms with E-state index in [9.17, 15) is 14.9 Å². The van der Waals surface area contributed by atoms with Gasteiger partial charge in [0.1, 0.15) is 17.9 Å². The van der Waals surface area contributed by atoms with Crippen LogP contribution in [-0.4, -0.2) is 48.2 Å². The molecule has 5 rings (SSSR count). The number of unbranched alkanes of at least 4 members (excludes halogenated alkanes) is 2. The van der Waals surface area contributed by atoms with Gasteiger partial charge in [-0.05, 0) is 61.6 Å². The molecule has 0 unspecified atom stereocenters. The Bertz CT molecular complexity index is 1490. The van der Waals surface area contributed by atoms with Gasteiger partial charge in [-0.2, -0.15) is 5.26 Å². The summed E-state index contributed by atoms with van der Waals surface area (Å²) in [6.07, 6.45) is 3.75. The number of hydrogen-bond donors (Lipinski definition) is 0. The van der Waals surface area contributed by atoms with Gasteiger partial charge in [-0.15, -0.1) is 0 Å². The maximum Gasteiger partial charge on any atom is 0.338 e. The number of halogens is 1. The van der Waals surface area contributed by atoms with Crippen LogP contribution >= 0.6 is 11.6 Å². The average Bonchev–Trinajstić information content (AvgIpc) is 3.68. The van der Waals surface area contributed by atoms with Gasteiger partial charge in [-0.25, -0.2) is 4.79 Å². The van der Waals surface area contributed by atoms with Gasteiger partial charge in [0.2, 0.25) is 0 Å². The van der Waals surface area contributed by atoms with Gasteiger partial charge in [-0.3, -0.25) is 4.79 Å². The van der Waals surface area contributed by atoms with Crippen molar-refractivity contribution in [2.45, 2.75) is 84.1 Å². The molecule has 0 bridgehead atoms. The van der Waals surface area contributed by atoms with Crippen molar-refractivity contribution in [2.75, 3.05) is 13.7 Å². The molecule has 0 saturated heterocycles. The molecule has 0 N–H and O–H groups in total. The summed E-state index contributed by atoms with van der Waals surface area (Å²) in [5.41, 5.74) is 1.70. The molecular formula is C34H37ClN2O5. The molecule has 2 saturated carbocycles. The first-order valence-electron chi connectivity index (χ1n) is 14.5. The summed E-state index contributed by atoms with van der Waals surface area (Å²) in [5.74, 6) is 6.85. The van der Waals surface area contributed by atoms with Crippen LogP contribution in [0, 0.1) is 34.0 Å². The fourth-order valence-electron chi connectivity index (χ4n) is 7.10. The second kappa shape index (κ2) is 11.3. The standard InChI is InChI=1S/C34H37ClN2O5/c1-32(2)29(33(3,4)30(32)42-25-13-12-23(20-36)27(35)19-25)37-21-24-18-22(11-14-26(24)28(37)38)10-8-6-7-9-17-41-34(15-16-34)31(39)40-5/h11-14,18-19,29-30H,6-7,9,15-17,21H2,1-5H3/t29-,30-. The van der Waals surface area contributed by atoms with Gasteiger partial charge < -0.3 is 19.1 Å². The first kappa shape index (κ1) is 30.0. The van der Waals surface area contributed by atoms with E-state index in [-0.39, 0.29) is 34.9 Å². The van der Waals surface area contributed by atoms with E-state index in [1.807, 2.05) is 23.1 Å². The monoisotopic (exact) mass is 588 g/mol. The minimum absolute atomic E-state index is 0.0329. The Morgan fingerprint density at radius 3 is 2.48 bits per heavy atom. The maximum absolute atomic E-state index is 13.6. The lowest BCUT2D eigenvalue weighted by atomic mass is 9.49. The summed E-state index contributed by atoms with van der Waals surface area (Å²) in [6.45, 7) is 9.60. The molecule has 7 nitrogen and oxygen atoms in total. The van der Waals surface area contributed by atoms with Gasteiger partial charge in [0, 0.05) is 53.6 Å². The molecule has 2 aromatic carbocycles. The molecule has 0 atom stereocenters. The molecule has 42 heavy (non-hydrogen) atoms. The van der Waals surface area contributed by atoms with E-state index in [0.717, 1.165) is 48.8 Å². The Morgan fingerprint density at radius 2 is 1.83 bits per heavy atom. The highest BCUT2D eigenvalue weighted by Crippen LogP contribution is 2.59. The minimum atomic E-state index is -0.701. The Balaban J connectivity index is 1.18. The average molecular weight is 589 g/mol. The molecule has 0 aromatic heterocycles. The number of nitriles is 1. The maximum atomic E-state index is 13.6. The molecule has 0 radical (unpaired) electrons. The van der Waals surface area contributed by atoms with Crippen LogP contribution in [0.25, 0.3) is 0 Å². The normalized spacial score (nSPS) is 22.2. The number of ether oxygens (including phenoxy) is 3. The van der Waals surface area contributed by atoms with Crippen LogP contribution in [0.15, 0.2) is 36.4 Å². The molecule has 2 aliphatic carbocycles. The van der Waals surface area contributed by atoms with Gasteiger partial charge in [0.05, 0.1) is 17.7 Å². The lowest BCUT2D eigenvalue weighted by Crippen LogP contribution is -2.74. The highest BCUT2D eigenvalue weighted by molar-refractivity contribution is 6.31. The summed E-state index contributed by atoms with van der Waals surface area (Å²) in [6, 6.07) is 13.0. The van der Waals surface area contributed by atoms with Gasteiger partial charge in [-0.1, -0.05) is 51.1 Å². The summed E-state index contributed by atoms with van der Waals surface area (Å²) >= 11 is 6.24. The third-order valence-electron chi connectivity index (χ3n) is 8.89. The van der Waals surface area contributed by atoms with Gasteiger partial charge >= 0.3 is 5.97 Å². The highest BCUT2D eigenvalue weighted by Gasteiger charge is 2.67. The predicted octanol–water partition coefficient (Wildman–Crippen LogP) is 6.29. The summed E-state index contributed by atoms with van der Waals surface area (Å²) in [7, 11) is 1.39. The predicted molar refractivity (Wildman–Crippen MR) is 159 cm³/mol. The molecule has 2 fully saturated rings. The van der Waals surface area contributed by atoms with Crippen molar-refractivity contribution in [1.29, 1.82) is 5.26 Å². The summed E-state index contributed by atoms with van der Waals surface area (Å²) in [4.78, 5) is 27.3. The molecule has 1 aliphatic heterocycles. The van der Waals surface area contributed by atoms with E-state index >= 15 is 0 Å². The fourth-order valence-corrected chi connectivity index (χ4v) is 7.31. The first-order chi connectivity index (χ1) is 19.9. The molecule has 220 valence electrons. The molecule has 1 amide bonds. The van der Waals surface area contributed by atoms with E-state index < -0.39 is 5.60 Å². The number of carbonyl (C=O) groups is 2. The minimum Gasteiger partial charge on any atom is -0.489 e. The van der Waals surface area contributed by atoms with Crippen molar-refractivity contribution in [3.05, 3.63) is 63.7 Å². The lowest BCUT2D eigenvalue weighted by molar-refractivity contribution is -0.199. The SMILES string of the molecule is COC(=O)C1(OCCCCC#Cc2ccc3c(c2)CN([C@H]2C(C)(C)[C@H](Oc4ccc(C#N)c(Cl)c4)C2(C)C)C3=O)CC1. The Morgan fingerprint density at radius 1 is 1.10 bits per heavy atom. The Kier molecular flexibility index (Phi) is 8.05. The zero-order valence-corrected chi connectivity index (χ0v) is 25.6. The van der Waals surface area contributed by atoms with Crippen LogP contribution < -0.4 is 4.74 Å². The zero-order valence-electron chi connectivity index (χ0n) is 24.9. The smallest absolute Gasteiger partial charge is 0.338 e. The fraction of sp³-hybridized carbons (Fsp3) is 0.500.